The summed E-state index contributed by atoms with van der Waals surface area (Å²) in [5, 5.41) is 0. The van der Waals surface area contributed by atoms with E-state index in [0.717, 1.165) is 36.9 Å². The monoisotopic (exact) mass is 594 g/mol. The van der Waals surface area contributed by atoms with Gasteiger partial charge in [-0.05, 0) is 69.2 Å². The van der Waals surface area contributed by atoms with Crippen LogP contribution in [0.1, 0.15) is 57.1 Å². The molecule has 4 rings (SSSR count). The summed E-state index contributed by atoms with van der Waals surface area (Å²) in [5.41, 5.74) is -3.95. The summed E-state index contributed by atoms with van der Waals surface area (Å²) in [4.78, 5) is 29.6. The van der Waals surface area contributed by atoms with Gasteiger partial charge in [0.1, 0.15) is 17.2 Å². The average molecular weight is 595 g/mol. The summed E-state index contributed by atoms with van der Waals surface area (Å²) < 4.78 is 73.6. The topological polar surface area (TPSA) is 68.3 Å². The van der Waals surface area contributed by atoms with Crippen molar-refractivity contribution in [2.24, 2.45) is 5.41 Å². The van der Waals surface area contributed by atoms with Gasteiger partial charge >= 0.3 is 12.3 Å². The van der Waals surface area contributed by atoms with Crippen molar-refractivity contribution < 1.29 is 41.4 Å². The maximum absolute atomic E-state index is 14.6. The molecule has 2 aliphatic rings. The highest BCUT2D eigenvalue weighted by Crippen LogP contribution is 2.53. The predicted molar refractivity (Wildman–Crippen MR) is 148 cm³/mol. The van der Waals surface area contributed by atoms with Crippen LogP contribution in [0.2, 0.25) is 0 Å². The molecule has 0 aliphatic carbocycles. The number of halogens is 4. The van der Waals surface area contributed by atoms with Crippen LogP contribution in [0, 0.1) is 11.2 Å². The standard InChI is InChI=1S/C31H38F4N2O5/c1-28(2,3)42-27(39)37-19-16-29(24(20-37)23-8-6-7-9-25(23)40-4)14-17-36(18-15-29)26(38)30(41-5,31(33,34)35)21-10-12-22(32)13-11-21/h6-13,24H,14-20H2,1-5H3. The number of amides is 2. The molecule has 0 saturated carbocycles. The quantitative estimate of drug-likeness (QED) is 0.382. The van der Waals surface area contributed by atoms with Crippen LogP contribution < -0.4 is 4.74 Å². The second-order valence-corrected chi connectivity index (χ2v) is 12.0. The zero-order chi connectivity index (χ0) is 30.9. The molecule has 0 N–H and O–H groups in total. The Morgan fingerprint density at radius 1 is 0.881 bits per heavy atom. The Labute approximate surface area is 243 Å². The number of ether oxygens (including phenoxy) is 3. The van der Waals surface area contributed by atoms with Gasteiger partial charge < -0.3 is 24.0 Å². The van der Waals surface area contributed by atoms with Gasteiger partial charge in [0.2, 0.25) is 0 Å². The van der Waals surface area contributed by atoms with Gasteiger partial charge in [0.25, 0.3) is 11.5 Å². The van der Waals surface area contributed by atoms with Crippen LogP contribution in [0.3, 0.4) is 0 Å². The van der Waals surface area contributed by atoms with Gasteiger partial charge in [-0.15, -0.1) is 0 Å². The fourth-order valence-electron chi connectivity index (χ4n) is 6.30. The van der Waals surface area contributed by atoms with E-state index in [2.05, 4.69) is 0 Å². The number of carbonyl (C=O) groups is 2. The lowest BCUT2D eigenvalue weighted by molar-refractivity contribution is -0.271. The minimum atomic E-state index is -5.09. The molecule has 7 nitrogen and oxygen atoms in total. The normalized spacial score (nSPS) is 20.6. The highest BCUT2D eigenvalue weighted by Gasteiger charge is 2.64. The fourth-order valence-corrected chi connectivity index (χ4v) is 6.30. The molecular formula is C31H38F4N2O5. The Bertz CT molecular complexity index is 1270. The van der Waals surface area contributed by atoms with Crippen molar-refractivity contribution in [3.63, 3.8) is 0 Å². The molecule has 0 radical (unpaired) electrons. The van der Waals surface area contributed by atoms with Crippen molar-refractivity contribution in [1.29, 1.82) is 0 Å². The van der Waals surface area contributed by atoms with Gasteiger partial charge in [0, 0.05) is 44.8 Å². The minimum Gasteiger partial charge on any atom is -0.496 e. The van der Waals surface area contributed by atoms with Crippen molar-refractivity contribution in [1.82, 2.24) is 9.80 Å². The summed E-state index contributed by atoms with van der Waals surface area (Å²) in [7, 11) is 2.41. The molecule has 2 unspecified atom stereocenters. The van der Waals surface area contributed by atoms with Gasteiger partial charge in [-0.3, -0.25) is 4.79 Å². The van der Waals surface area contributed by atoms with Gasteiger partial charge in [0.05, 0.1) is 7.11 Å². The van der Waals surface area contributed by atoms with Crippen LogP contribution in [0.5, 0.6) is 5.75 Å². The van der Waals surface area contributed by atoms with E-state index in [1.807, 2.05) is 24.3 Å². The highest BCUT2D eigenvalue weighted by atomic mass is 19.4. The van der Waals surface area contributed by atoms with Crippen LogP contribution in [-0.2, 0) is 19.9 Å². The third-order valence-electron chi connectivity index (χ3n) is 8.49. The zero-order valence-corrected chi connectivity index (χ0v) is 24.6. The first-order valence-corrected chi connectivity index (χ1v) is 14.0. The molecule has 1 spiro atoms. The molecule has 2 aromatic rings. The summed E-state index contributed by atoms with van der Waals surface area (Å²) in [6.07, 6.45) is -4.14. The van der Waals surface area contributed by atoms with E-state index in [4.69, 9.17) is 14.2 Å². The number of likely N-dealkylation sites (tertiary alicyclic amines) is 2. The maximum atomic E-state index is 14.6. The number of para-hydroxylation sites is 1. The summed E-state index contributed by atoms with van der Waals surface area (Å²) in [6.45, 7) is 6.26. The van der Waals surface area contributed by atoms with Crippen LogP contribution in [-0.4, -0.2) is 74.0 Å². The first-order valence-electron chi connectivity index (χ1n) is 14.0. The first kappa shape index (κ1) is 31.6. The number of carbonyl (C=O) groups excluding carboxylic acids is 2. The fraction of sp³-hybridized carbons (Fsp3) is 0.548. The van der Waals surface area contributed by atoms with E-state index in [-0.39, 0.29) is 19.0 Å². The Hall–Kier alpha value is -3.34. The Morgan fingerprint density at radius 2 is 1.45 bits per heavy atom. The van der Waals surface area contributed by atoms with Gasteiger partial charge in [-0.1, -0.05) is 30.3 Å². The molecule has 2 atom stereocenters. The van der Waals surface area contributed by atoms with E-state index in [9.17, 15) is 27.2 Å². The lowest BCUT2D eigenvalue weighted by atomic mass is 9.62. The molecule has 0 aromatic heterocycles. The third-order valence-corrected chi connectivity index (χ3v) is 8.49. The summed E-state index contributed by atoms with van der Waals surface area (Å²) >= 11 is 0. The number of methoxy groups -OCH3 is 2. The van der Waals surface area contributed by atoms with E-state index in [1.54, 1.807) is 32.8 Å². The van der Waals surface area contributed by atoms with Crippen LogP contribution in [0.4, 0.5) is 22.4 Å². The largest absolute Gasteiger partial charge is 0.496 e. The molecule has 2 saturated heterocycles. The lowest BCUT2D eigenvalue weighted by Gasteiger charge is -2.52. The van der Waals surface area contributed by atoms with Gasteiger partial charge in [0.15, 0.2) is 0 Å². The number of alkyl halides is 3. The first-order chi connectivity index (χ1) is 19.7. The van der Waals surface area contributed by atoms with Crippen molar-refractivity contribution in [2.45, 2.75) is 63.3 Å². The number of piperidine rings is 2. The van der Waals surface area contributed by atoms with E-state index in [1.165, 1.54) is 4.90 Å². The second kappa shape index (κ2) is 11.7. The smallest absolute Gasteiger partial charge is 0.430 e. The van der Waals surface area contributed by atoms with E-state index >= 15 is 0 Å². The number of nitrogens with zero attached hydrogens (tertiary/aromatic N) is 2. The number of hydrogen-bond donors (Lipinski definition) is 0. The van der Waals surface area contributed by atoms with E-state index in [0.29, 0.717) is 38.1 Å². The molecule has 11 heteroatoms. The zero-order valence-electron chi connectivity index (χ0n) is 24.6. The Balaban J connectivity index is 1.64. The number of rotatable bonds is 5. The molecule has 42 heavy (non-hydrogen) atoms. The minimum absolute atomic E-state index is 0.0549. The molecular weight excluding hydrogens is 556 g/mol. The molecule has 2 fully saturated rings. The van der Waals surface area contributed by atoms with E-state index < -0.39 is 46.2 Å². The van der Waals surface area contributed by atoms with Crippen molar-refractivity contribution in [3.05, 3.63) is 65.5 Å². The van der Waals surface area contributed by atoms with Crippen molar-refractivity contribution >= 4 is 12.0 Å². The van der Waals surface area contributed by atoms with Gasteiger partial charge in [-0.2, -0.15) is 13.2 Å². The molecule has 0 bridgehead atoms. The molecule has 2 amide bonds. The Morgan fingerprint density at radius 3 is 1.98 bits per heavy atom. The van der Waals surface area contributed by atoms with Crippen molar-refractivity contribution in [2.75, 3.05) is 40.4 Å². The molecule has 2 aliphatic heterocycles. The Kier molecular flexibility index (Phi) is 8.83. The third kappa shape index (κ3) is 5.93. The SMILES string of the molecule is COc1ccccc1C1CN(C(=O)OC(C)(C)C)CCC12CCN(C(=O)C(OC)(c1ccc(F)cc1)C(F)(F)F)CC2. The number of benzene rings is 2. The molecule has 2 heterocycles. The van der Waals surface area contributed by atoms with Gasteiger partial charge in [-0.25, -0.2) is 9.18 Å². The average Bonchev–Trinajstić information content (AvgIpc) is 2.93. The van der Waals surface area contributed by atoms with Crippen LogP contribution in [0.15, 0.2) is 48.5 Å². The van der Waals surface area contributed by atoms with Crippen molar-refractivity contribution in [3.8, 4) is 5.75 Å². The lowest BCUT2D eigenvalue weighted by Crippen LogP contribution is -2.60. The summed E-state index contributed by atoms with van der Waals surface area (Å²) in [6, 6.07) is 11.1. The second-order valence-electron chi connectivity index (χ2n) is 12.0. The molecule has 2 aromatic carbocycles. The number of hydrogen-bond acceptors (Lipinski definition) is 5. The van der Waals surface area contributed by atoms with Crippen LogP contribution in [0.25, 0.3) is 0 Å². The molecule has 230 valence electrons. The summed E-state index contributed by atoms with van der Waals surface area (Å²) in [5.74, 6) is -1.52. The maximum Gasteiger partial charge on any atom is 0.430 e. The van der Waals surface area contributed by atoms with Crippen LogP contribution >= 0.6 is 0 Å². The predicted octanol–water partition coefficient (Wildman–Crippen LogP) is 6.27. The highest BCUT2D eigenvalue weighted by molar-refractivity contribution is 5.88.